The van der Waals surface area contributed by atoms with Gasteiger partial charge in [0, 0.05) is 23.6 Å². The van der Waals surface area contributed by atoms with E-state index in [-0.39, 0.29) is 5.91 Å². The number of aromatic nitrogens is 1. The molecule has 0 aliphatic rings. The summed E-state index contributed by atoms with van der Waals surface area (Å²) in [5, 5.41) is 6.78. The summed E-state index contributed by atoms with van der Waals surface area (Å²) in [5.41, 5.74) is 1.70. The zero-order valence-corrected chi connectivity index (χ0v) is 15.1. The third-order valence-corrected chi connectivity index (χ3v) is 4.41. The number of furan rings is 1. The minimum atomic E-state index is -0.0902. The number of hydrogen-bond donors (Lipinski definition) is 2. The summed E-state index contributed by atoms with van der Waals surface area (Å²) in [7, 11) is 1.64. The van der Waals surface area contributed by atoms with Crippen LogP contribution in [0.4, 0.5) is 10.8 Å². The number of nitrogens with one attached hydrogen (secondary N) is 2. The van der Waals surface area contributed by atoms with E-state index in [1.807, 2.05) is 43.3 Å². The van der Waals surface area contributed by atoms with Crippen LogP contribution >= 0.6 is 11.3 Å². The second-order valence-corrected chi connectivity index (χ2v) is 6.66. The van der Waals surface area contributed by atoms with Gasteiger partial charge in [0.2, 0.25) is 5.91 Å². The highest BCUT2D eigenvalue weighted by molar-refractivity contribution is 7.16. The zero-order valence-electron chi connectivity index (χ0n) is 14.3. The lowest BCUT2D eigenvalue weighted by molar-refractivity contribution is -0.119. The van der Waals surface area contributed by atoms with Crippen molar-refractivity contribution in [2.45, 2.75) is 20.4 Å². The van der Waals surface area contributed by atoms with Gasteiger partial charge in [-0.15, -0.1) is 11.3 Å². The molecule has 2 aromatic heterocycles. The molecule has 25 heavy (non-hydrogen) atoms. The van der Waals surface area contributed by atoms with Gasteiger partial charge in [0.1, 0.15) is 17.2 Å². The van der Waals surface area contributed by atoms with Crippen molar-refractivity contribution in [1.82, 2.24) is 10.3 Å². The minimum Gasteiger partial charge on any atom is -0.497 e. The maximum absolute atomic E-state index is 11.0. The molecular weight excluding hydrogens is 338 g/mol. The predicted molar refractivity (Wildman–Crippen MR) is 98.4 cm³/mol. The van der Waals surface area contributed by atoms with Gasteiger partial charge in [0.25, 0.3) is 0 Å². The molecule has 0 bridgehead atoms. The Morgan fingerprint density at radius 3 is 2.92 bits per heavy atom. The number of rotatable bonds is 6. The molecule has 0 aliphatic carbocycles. The second kappa shape index (κ2) is 7.40. The van der Waals surface area contributed by atoms with E-state index in [0.717, 1.165) is 27.1 Å². The van der Waals surface area contributed by atoms with E-state index in [9.17, 15) is 4.79 Å². The van der Waals surface area contributed by atoms with Crippen LogP contribution in [0.25, 0.3) is 11.5 Å². The Bertz CT molecular complexity index is 885. The normalized spacial score (nSPS) is 10.5. The van der Waals surface area contributed by atoms with E-state index >= 15 is 0 Å². The van der Waals surface area contributed by atoms with E-state index in [4.69, 9.17) is 9.15 Å². The Morgan fingerprint density at radius 2 is 2.16 bits per heavy atom. The Labute approximate surface area is 149 Å². The van der Waals surface area contributed by atoms with Gasteiger partial charge in [0.15, 0.2) is 10.9 Å². The van der Waals surface area contributed by atoms with E-state index in [2.05, 4.69) is 15.6 Å². The third-order valence-electron chi connectivity index (χ3n) is 3.52. The number of nitrogens with zero attached hydrogens (tertiary/aromatic N) is 1. The van der Waals surface area contributed by atoms with Gasteiger partial charge in [-0.05, 0) is 31.2 Å². The zero-order chi connectivity index (χ0) is 17.8. The smallest absolute Gasteiger partial charge is 0.217 e. The molecular formula is C18H19N3O3S. The van der Waals surface area contributed by atoms with Gasteiger partial charge in [-0.2, -0.15) is 0 Å². The van der Waals surface area contributed by atoms with Crippen LogP contribution in [0.5, 0.6) is 5.75 Å². The molecule has 0 aliphatic heterocycles. The first-order chi connectivity index (χ1) is 12.0. The van der Waals surface area contributed by atoms with Gasteiger partial charge in [-0.1, -0.05) is 6.07 Å². The molecule has 0 unspecified atom stereocenters. The Balaban J connectivity index is 1.77. The van der Waals surface area contributed by atoms with Crippen molar-refractivity contribution in [3.63, 3.8) is 0 Å². The molecule has 1 aromatic carbocycles. The van der Waals surface area contributed by atoms with Gasteiger partial charge in [-0.3, -0.25) is 4.79 Å². The van der Waals surface area contributed by atoms with Gasteiger partial charge in [0.05, 0.1) is 13.7 Å². The highest BCUT2D eigenvalue weighted by Crippen LogP contribution is 2.33. The van der Waals surface area contributed by atoms with Crippen LogP contribution in [0.1, 0.15) is 17.6 Å². The van der Waals surface area contributed by atoms with Gasteiger partial charge in [-0.25, -0.2) is 4.98 Å². The van der Waals surface area contributed by atoms with Crippen molar-refractivity contribution in [2.24, 2.45) is 0 Å². The monoisotopic (exact) mass is 357 g/mol. The first-order valence-electron chi connectivity index (χ1n) is 7.77. The van der Waals surface area contributed by atoms with Crippen LogP contribution < -0.4 is 15.4 Å². The predicted octanol–water partition coefficient (Wildman–Crippen LogP) is 4.10. The summed E-state index contributed by atoms with van der Waals surface area (Å²) in [6, 6.07) is 11.4. The summed E-state index contributed by atoms with van der Waals surface area (Å²) in [4.78, 5) is 16.7. The lowest BCUT2D eigenvalue weighted by atomic mass is 10.3. The molecule has 0 saturated heterocycles. The highest BCUT2D eigenvalue weighted by Gasteiger charge is 2.14. The largest absolute Gasteiger partial charge is 0.497 e. The van der Waals surface area contributed by atoms with E-state index < -0.39 is 0 Å². The molecule has 0 saturated carbocycles. The van der Waals surface area contributed by atoms with Crippen molar-refractivity contribution >= 4 is 28.1 Å². The Kier molecular flexibility index (Phi) is 5.04. The topological polar surface area (TPSA) is 76.4 Å². The molecule has 3 rings (SSSR count). The average Bonchev–Trinajstić information content (AvgIpc) is 3.19. The van der Waals surface area contributed by atoms with Gasteiger partial charge < -0.3 is 19.8 Å². The minimum absolute atomic E-state index is 0.0902. The second-order valence-electron chi connectivity index (χ2n) is 5.46. The number of carbonyl (C=O) groups excluding carboxylic acids is 1. The molecule has 0 fully saturated rings. The molecule has 6 nitrogen and oxygen atoms in total. The number of anilines is 2. The number of ether oxygens (including phenoxy) is 1. The van der Waals surface area contributed by atoms with Crippen molar-refractivity contribution in [3.8, 4) is 17.2 Å². The third kappa shape index (κ3) is 4.19. The number of hydrogen-bond acceptors (Lipinski definition) is 6. The number of carbonyl (C=O) groups is 1. The molecule has 7 heteroatoms. The first-order valence-corrected chi connectivity index (χ1v) is 8.59. The molecule has 1 amide bonds. The van der Waals surface area contributed by atoms with E-state index in [0.29, 0.717) is 18.1 Å². The quantitative estimate of drug-likeness (QED) is 0.694. The number of aryl methyl sites for hydroxylation is 1. The first kappa shape index (κ1) is 17.0. The lowest BCUT2D eigenvalue weighted by Gasteiger charge is -2.04. The van der Waals surface area contributed by atoms with Crippen molar-refractivity contribution in [3.05, 3.63) is 47.0 Å². The fourth-order valence-corrected chi connectivity index (χ4v) is 3.15. The van der Waals surface area contributed by atoms with E-state index in [1.165, 1.54) is 6.92 Å². The molecule has 3 aromatic rings. The molecule has 0 atom stereocenters. The number of thiazole rings is 1. The molecule has 0 radical (unpaired) electrons. The van der Waals surface area contributed by atoms with Crippen LogP contribution in [0.2, 0.25) is 0 Å². The van der Waals surface area contributed by atoms with Crippen LogP contribution in [0, 0.1) is 6.92 Å². The number of amides is 1. The van der Waals surface area contributed by atoms with Crippen LogP contribution in [0.3, 0.4) is 0 Å². The van der Waals surface area contributed by atoms with Crippen molar-refractivity contribution < 1.29 is 13.9 Å². The Morgan fingerprint density at radius 1 is 1.32 bits per heavy atom. The Hall–Kier alpha value is -2.80. The lowest BCUT2D eigenvalue weighted by Crippen LogP contribution is -2.18. The molecule has 2 heterocycles. The number of benzene rings is 1. The standard InChI is InChI=1S/C18H19N3O3S/c1-11-17(16-8-7-15(24-16)10-19-12(2)22)21-18(25-11)20-13-5-4-6-14(9-13)23-3/h4-9H,10H2,1-3H3,(H,19,22)(H,20,21). The average molecular weight is 357 g/mol. The SMILES string of the molecule is COc1cccc(Nc2nc(-c3ccc(CNC(C)=O)o3)c(C)s2)c1. The van der Waals surface area contributed by atoms with Crippen molar-refractivity contribution in [1.29, 1.82) is 0 Å². The fraction of sp³-hybridized carbons (Fsp3) is 0.222. The molecule has 2 N–H and O–H groups in total. The summed E-state index contributed by atoms with van der Waals surface area (Å²) >= 11 is 1.55. The summed E-state index contributed by atoms with van der Waals surface area (Å²) < 4.78 is 11.0. The van der Waals surface area contributed by atoms with E-state index in [1.54, 1.807) is 18.4 Å². The number of methoxy groups -OCH3 is 1. The van der Waals surface area contributed by atoms with Crippen LogP contribution in [-0.4, -0.2) is 18.0 Å². The maximum Gasteiger partial charge on any atom is 0.217 e. The highest BCUT2D eigenvalue weighted by atomic mass is 32.1. The summed E-state index contributed by atoms with van der Waals surface area (Å²) in [5.74, 6) is 2.08. The van der Waals surface area contributed by atoms with Gasteiger partial charge >= 0.3 is 0 Å². The molecule has 130 valence electrons. The molecule has 0 spiro atoms. The summed E-state index contributed by atoms with van der Waals surface area (Å²) in [6.07, 6.45) is 0. The van der Waals surface area contributed by atoms with Crippen molar-refractivity contribution in [2.75, 3.05) is 12.4 Å². The maximum atomic E-state index is 11.0. The fourth-order valence-electron chi connectivity index (χ4n) is 2.31. The van der Waals surface area contributed by atoms with Crippen LogP contribution in [0.15, 0.2) is 40.8 Å². The summed E-state index contributed by atoms with van der Waals surface area (Å²) in [6.45, 7) is 3.85. The van der Waals surface area contributed by atoms with Crippen LogP contribution in [-0.2, 0) is 11.3 Å².